The maximum Gasteiger partial charge on any atom is 0.192 e. The average molecular weight is 446 g/mol. The molecule has 0 heterocycles. The second kappa shape index (κ2) is 8.77. The van der Waals surface area contributed by atoms with E-state index in [-0.39, 0.29) is 0 Å². The van der Waals surface area contributed by atoms with E-state index in [2.05, 4.69) is 46.9 Å². The lowest BCUT2D eigenvalue weighted by Gasteiger charge is -2.56. The second-order valence-corrected chi connectivity index (χ2v) is 17.9. The molecule has 0 aromatic heterocycles. The number of hydrogen-bond acceptors (Lipinski definition) is 3. The first-order valence-corrected chi connectivity index (χ1v) is 16.1. The third kappa shape index (κ3) is 4.41. The van der Waals surface area contributed by atoms with E-state index in [1.807, 2.05) is 0 Å². The summed E-state index contributed by atoms with van der Waals surface area (Å²) in [6.45, 7) is 15.3. The summed E-state index contributed by atoms with van der Waals surface area (Å²) in [6.07, 6.45) is 13.6. The largest absolute Gasteiger partial charge is 0.413 e. The highest BCUT2D eigenvalue weighted by molar-refractivity contribution is 6.74. The van der Waals surface area contributed by atoms with Gasteiger partial charge in [-0.1, -0.05) is 27.7 Å². The molecule has 0 amide bonds. The standard InChI is InChI=1S/C27H47NO2Si/c1-26(2,3)31(5,6)30-25-13-12-24-23-10-8-19-18-20(29-17-7-16-28)9-11-21(19)22(23)14-15-27(24,25)4/h19-25H,7-15,17-18H2,1-6H3/t19-,20-,21?,22?,23?,24?,25?,27-/m0/s1. The Labute approximate surface area is 192 Å². The number of rotatable bonds is 5. The van der Waals surface area contributed by atoms with Gasteiger partial charge in [-0.2, -0.15) is 5.26 Å². The molecule has 4 rings (SSSR count). The van der Waals surface area contributed by atoms with Crippen LogP contribution in [0.2, 0.25) is 18.1 Å². The zero-order valence-electron chi connectivity index (χ0n) is 21.1. The van der Waals surface area contributed by atoms with Crippen molar-refractivity contribution >= 4 is 8.32 Å². The lowest BCUT2D eigenvalue weighted by atomic mass is 9.50. The Balaban J connectivity index is 1.41. The van der Waals surface area contributed by atoms with Crippen LogP contribution < -0.4 is 0 Å². The van der Waals surface area contributed by atoms with Gasteiger partial charge in [0.05, 0.1) is 31.3 Å². The molecule has 176 valence electrons. The highest BCUT2D eigenvalue weighted by atomic mass is 28.4. The van der Waals surface area contributed by atoms with Gasteiger partial charge in [-0.05, 0) is 111 Å². The van der Waals surface area contributed by atoms with E-state index in [4.69, 9.17) is 14.4 Å². The van der Waals surface area contributed by atoms with Crippen molar-refractivity contribution < 1.29 is 9.16 Å². The Morgan fingerprint density at radius 1 is 0.968 bits per heavy atom. The van der Waals surface area contributed by atoms with Crippen LogP contribution in [0.25, 0.3) is 0 Å². The van der Waals surface area contributed by atoms with Gasteiger partial charge >= 0.3 is 0 Å². The Bertz CT molecular complexity index is 680. The molecular formula is C27H47NO2Si. The molecule has 0 aliphatic heterocycles. The summed E-state index contributed by atoms with van der Waals surface area (Å²) in [6, 6.07) is 2.22. The SMILES string of the molecule is CC(C)(C)[Si](C)(C)OC1CCC2C3CC[C@H]4C[C@@H](OCCC#N)CCC4C3CC[C@]12C. The van der Waals surface area contributed by atoms with Crippen molar-refractivity contribution in [3.05, 3.63) is 0 Å². The summed E-state index contributed by atoms with van der Waals surface area (Å²) in [5, 5.41) is 9.09. The number of nitriles is 1. The summed E-state index contributed by atoms with van der Waals surface area (Å²) in [5.41, 5.74) is 0.404. The number of nitrogens with zero attached hydrogens (tertiary/aromatic N) is 1. The molecule has 0 saturated heterocycles. The maximum absolute atomic E-state index is 8.79. The van der Waals surface area contributed by atoms with Crippen molar-refractivity contribution in [1.29, 1.82) is 5.26 Å². The number of hydrogen-bond donors (Lipinski definition) is 0. The summed E-state index contributed by atoms with van der Waals surface area (Å²) in [7, 11) is -1.72. The minimum absolute atomic E-state index is 0.296. The van der Waals surface area contributed by atoms with Crippen molar-refractivity contribution in [3.63, 3.8) is 0 Å². The van der Waals surface area contributed by atoms with E-state index < -0.39 is 8.32 Å². The van der Waals surface area contributed by atoms with Gasteiger partial charge in [0.15, 0.2) is 8.32 Å². The van der Waals surface area contributed by atoms with Crippen LogP contribution in [-0.2, 0) is 9.16 Å². The highest BCUT2D eigenvalue weighted by Crippen LogP contribution is 2.63. The Hall–Kier alpha value is -0.373. The molecule has 4 saturated carbocycles. The molecular weight excluding hydrogens is 398 g/mol. The van der Waals surface area contributed by atoms with Crippen molar-refractivity contribution in [1.82, 2.24) is 0 Å². The maximum atomic E-state index is 8.79. The molecule has 4 heteroatoms. The van der Waals surface area contributed by atoms with Gasteiger partial charge in [0, 0.05) is 0 Å². The fraction of sp³-hybridized carbons (Fsp3) is 0.963. The van der Waals surface area contributed by atoms with E-state index in [1.165, 1.54) is 57.8 Å². The molecule has 0 aromatic carbocycles. The Kier molecular flexibility index (Phi) is 6.72. The highest BCUT2D eigenvalue weighted by Gasteiger charge is 2.58. The molecule has 4 aliphatic rings. The summed E-state index contributed by atoms with van der Waals surface area (Å²) in [4.78, 5) is 0. The quantitative estimate of drug-likeness (QED) is 0.328. The smallest absolute Gasteiger partial charge is 0.192 e. The number of fused-ring (bicyclic) bond motifs is 5. The van der Waals surface area contributed by atoms with Crippen LogP contribution in [0.15, 0.2) is 0 Å². The molecule has 0 radical (unpaired) electrons. The number of ether oxygens (including phenoxy) is 1. The van der Waals surface area contributed by atoms with E-state index in [0.29, 0.717) is 35.7 Å². The van der Waals surface area contributed by atoms with Crippen LogP contribution in [0.4, 0.5) is 0 Å². The van der Waals surface area contributed by atoms with Crippen molar-refractivity contribution in [3.8, 4) is 6.07 Å². The summed E-state index contributed by atoms with van der Waals surface area (Å²) >= 11 is 0. The fourth-order valence-corrected chi connectivity index (χ4v) is 9.36. The lowest BCUT2D eigenvalue weighted by molar-refractivity contribution is -0.0964. The van der Waals surface area contributed by atoms with Crippen LogP contribution >= 0.6 is 0 Å². The first-order chi connectivity index (χ1) is 14.6. The Morgan fingerprint density at radius 2 is 1.71 bits per heavy atom. The summed E-state index contributed by atoms with van der Waals surface area (Å²) < 4.78 is 13.1. The van der Waals surface area contributed by atoms with Crippen LogP contribution in [0.5, 0.6) is 0 Å². The second-order valence-electron chi connectivity index (χ2n) is 13.1. The van der Waals surface area contributed by atoms with E-state index >= 15 is 0 Å². The Morgan fingerprint density at radius 3 is 2.42 bits per heavy atom. The van der Waals surface area contributed by atoms with Gasteiger partial charge < -0.3 is 9.16 Å². The molecule has 0 N–H and O–H groups in total. The monoisotopic (exact) mass is 445 g/mol. The third-order valence-corrected chi connectivity index (χ3v) is 15.1. The molecule has 0 spiro atoms. The van der Waals surface area contributed by atoms with Gasteiger partial charge in [0.2, 0.25) is 0 Å². The molecule has 0 bridgehead atoms. The molecule has 0 aromatic rings. The van der Waals surface area contributed by atoms with Gasteiger partial charge in [0.1, 0.15) is 0 Å². The third-order valence-electron chi connectivity index (χ3n) is 10.6. The molecule has 31 heavy (non-hydrogen) atoms. The zero-order chi connectivity index (χ0) is 22.4. The van der Waals surface area contributed by atoms with E-state index in [0.717, 1.165) is 29.6 Å². The molecule has 4 fully saturated rings. The van der Waals surface area contributed by atoms with Crippen molar-refractivity contribution in [2.24, 2.45) is 35.0 Å². The van der Waals surface area contributed by atoms with Gasteiger partial charge in [0.25, 0.3) is 0 Å². The van der Waals surface area contributed by atoms with Gasteiger partial charge in [-0.25, -0.2) is 0 Å². The topological polar surface area (TPSA) is 42.2 Å². The van der Waals surface area contributed by atoms with E-state index in [9.17, 15) is 0 Å². The van der Waals surface area contributed by atoms with Crippen molar-refractivity contribution in [2.45, 2.75) is 122 Å². The predicted octanol–water partition coefficient (Wildman–Crippen LogP) is 7.33. The normalized spacial score (nSPS) is 42.9. The molecule has 8 atom stereocenters. The van der Waals surface area contributed by atoms with Crippen LogP contribution in [0.1, 0.15) is 91.9 Å². The predicted molar refractivity (Wildman–Crippen MR) is 129 cm³/mol. The minimum Gasteiger partial charge on any atom is -0.413 e. The zero-order valence-corrected chi connectivity index (χ0v) is 22.1. The first-order valence-electron chi connectivity index (χ1n) is 13.2. The van der Waals surface area contributed by atoms with Gasteiger partial charge in [-0.15, -0.1) is 0 Å². The van der Waals surface area contributed by atoms with Crippen LogP contribution in [0.3, 0.4) is 0 Å². The van der Waals surface area contributed by atoms with Crippen LogP contribution in [-0.4, -0.2) is 27.1 Å². The minimum atomic E-state index is -1.72. The van der Waals surface area contributed by atoms with E-state index in [1.54, 1.807) is 0 Å². The van der Waals surface area contributed by atoms with Crippen LogP contribution in [0, 0.1) is 46.3 Å². The summed E-state index contributed by atoms with van der Waals surface area (Å²) in [5.74, 6) is 4.56. The molecule has 3 nitrogen and oxygen atoms in total. The fourth-order valence-electron chi connectivity index (χ4n) is 7.91. The van der Waals surface area contributed by atoms with Crippen molar-refractivity contribution in [2.75, 3.05) is 6.61 Å². The van der Waals surface area contributed by atoms with Gasteiger partial charge in [-0.3, -0.25) is 0 Å². The molecule has 4 aliphatic carbocycles. The first kappa shape index (κ1) is 23.8. The lowest BCUT2D eigenvalue weighted by Crippen LogP contribution is -2.53. The molecule has 5 unspecified atom stereocenters. The average Bonchev–Trinajstić information content (AvgIpc) is 3.03.